The van der Waals surface area contributed by atoms with Crippen LogP contribution in [0.2, 0.25) is 0 Å². The van der Waals surface area contributed by atoms with Crippen LogP contribution in [0.15, 0.2) is 61.7 Å². The SMILES string of the molecule is COC(=O)C1=C(C(C)C)N2C(=NC(C)(C3(C)C=C([N+](=O)[O-])C(Cl)=CC3)C2C2(C)C=CC(Cl)=CC2)S1. The fourth-order valence-electron chi connectivity index (χ4n) is 5.65. The third kappa shape index (κ3) is 3.98. The summed E-state index contributed by atoms with van der Waals surface area (Å²) in [5, 5.41) is 13.3. The Labute approximate surface area is 219 Å². The lowest BCUT2D eigenvalue weighted by atomic mass is 9.58. The zero-order valence-corrected chi connectivity index (χ0v) is 22.9. The second kappa shape index (κ2) is 8.82. The molecule has 0 aromatic carbocycles. The molecular formula is C25H29Cl2N3O4S. The summed E-state index contributed by atoms with van der Waals surface area (Å²) in [5.74, 6) is -0.375. The highest BCUT2D eigenvalue weighted by molar-refractivity contribution is 8.18. The minimum Gasteiger partial charge on any atom is -0.465 e. The molecule has 2 aliphatic carbocycles. The van der Waals surface area contributed by atoms with E-state index in [2.05, 4.69) is 24.8 Å². The summed E-state index contributed by atoms with van der Waals surface area (Å²) in [5.41, 5.74) is -1.19. The smallest absolute Gasteiger partial charge is 0.346 e. The molecule has 0 bridgehead atoms. The number of carbonyl (C=O) groups excluding carboxylic acids is 1. The van der Waals surface area contributed by atoms with Gasteiger partial charge in [0.1, 0.15) is 9.94 Å². The minimum absolute atomic E-state index is 0.0165. The van der Waals surface area contributed by atoms with Crippen molar-refractivity contribution in [2.75, 3.05) is 7.11 Å². The number of hydrogen-bond acceptors (Lipinski definition) is 7. The third-order valence-corrected chi connectivity index (χ3v) is 9.35. The summed E-state index contributed by atoms with van der Waals surface area (Å²) in [6, 6.07) is -0.256. The molecule has 0 aromatic heterocycles. The molecule has 0 radical (unpaired) electrons. The highest BCUT2D eigenvalue weighted by Crippen LogP contribution is 2.60. The van der Waals surface area contributed by atoms with E-state index in [0.29, 0.717) is 27.9 Å². The molecule has 0 spiro atoms. The van der Waals surface area contributed by atoms with E-state index in [0.717, 1.165) is 5.70 Å². The van der Waals surface area contributed by atoms with Gasteiger partial charge in [-0.25, -0.2) is 4.79 Å². The number of allylic oxidation sites excluding steroid dienone is 6. The predicted molar refractivity (Wildman–Crippen MR) is 140 cm³/mol. The van der Waals surface area contributed by atoms with Crippen LogP contribution in [0.1, 0.15) is 47.5 Å². The number of nitrogens with zero attached hydrogens (tertiary/aromatic N) is 3. The highest BCUT2D eigenvalue weighted by atomic mass is 35.5. The molecule has 0 aromatic rings. The minimum atomic E-state index is -0.788. The number of esters is 1. The first-order valence-electron chi connectivity index (χ1n) is 11.5. The molecule has 4 aliphatic rings. The van der Waals surface area contributed by atoms with Crippen LogP contribution >= 0.6 is 35.0 Å². The lowest BCUT2D eigenvalue weighted by molar-refractivity contribution is -0.421. The summed E-state index contributed by atoms with van der Waals surface area (Å²) in [7, 11) is 1.38. The van der Waals surface area contributed by atoms with Crippen molar-refractivity contribution in [3.05, 3.63) is 66.9 Å². The molecule has 0 saturated carbocycles. The van der Waals surface area contributed by atoms with E-state index in [1.54, 1.807) is 12.2 Å². The van der Waals surface area contributed by atoms with Gasteiger partial charge >= 0.3 is 5.97 Å². The van der Waals surface area contributed by atoms with Crippen LogP contribution in [0.3, 0.4) is 0 Å². The van der Waals surface area contributed by atoms with Gasteiger partial charge in [-0.3, -0.25) is 15.1 Å². The summed E-state index contributed by atoms with van der Waals surface area (Å²) >= 11 is 13.8. The number of amidine groups is 1. The first-order valence-corrected chi connectivity index (χ1v) is 13.0. The van der Waals surface area contributed by atoms with E-state index < -0.39 is 27.3 Å². The van der Waals surface area contributed by atoms with Gasteiger partial charge in [-0.1, -0.05) is 69.1 Å². The van der Waals surface area contributed by atoms with Crippen LogP contribution in [0.4, 0.5) is 0 Å². The van der Waals surface area contributed by atoms with Crippen LogP contribution < -0.4 is 0 Å². The number of nitro groups is 1. The average molecular weight is 538 g/mol. The maximum atomic E-state index is 12.7. The van der Waals surface area contributed by atoms with Gasteiger partial charge in [0.05, 0.1) is 23.6 Å². The first-order chi connectivity index (χ1) is 16.3. The Morgan fingerprint density at radius 2 is 1.97 bits per heavy atom. The van der Waals surface area contributed by atoms with Crippen LogP contribution in [0.5, 0.6) is 0 Å². The molecule has 7 nitrogen and oxygen atoms in total. The van der Waals surface area contributed by atoms with E-state index in [9.17, 15) is 14.9 Å². The zero-order valence-electron chi connectivity index (χ0n) is 20.6. The average Bonchev–Trinajstić information content (AvgIpc) is 3.30. The second-order valence-electron chi connectivity index (χ2n) is 10.4. The molecule has 4 rings (SSSR count). The van der Waals surface area contributed by atoms with Crippen molar-refractivity contribution >= 4 is 46.1 Å². The van der Waals surface area contributed by atoms with Gasteiger partial charge in [-0.2, -0.15) is 0 Å². The molecule has 0 N–H and O–H groups in total. The van der Waals surface area contributed by atoms with Crippen molar-refractivity contribution in [3.63, 3.8) is 0 Å². The molecule has 0 saturated heterocycles. The van der Waals surface area contributed by atoms with Crippen molar-refractivity contribution in [2.24, 2.45) is 21.7 Å². The summed E-state index contributed by atoms with van der Waals surface area (Å²) < 4.78 is 5.09. The molecular weight excluding hydrogens is 509 g/mol. The molecule has 4 atom stereocenters. The van der Waals surface area contributed by atoms with Gasteiger partial charge < -0.3 is 9.64 Å². The summed E-state index contributed by atoms with van der Waals surface area (Å²) in [4.78, 5) is 32.0. The Morgan fingerprint density at radius 1 is 1.29 bits per heavy atom. The standard InChI is InChI=1S/C25H29Cl2N3O4S/c1-14(2)18-19(20(31)34-6)35-22-28-25(5,24(4)12-9-16(27)17(13-24)30(32)33)21(29(18)22)23(3)10-7-15(26)8-11-23/h7-10,13-14,21H,11-12H2,1-6H3. The van der Waals surface area contributed by atoms with E-state index in [1.165, 1.54) is 18.9 Å². The van der Waals surface area contributed by atoms with Crippen LogP contribution in [-0.4, -0.2) is 39.7 Å². The molecule has 4 unspecified atom stereocenters. The monoisotopic (exact) mass is 537 g/mol. The van der Waals surface area contributed by atoms with E-state index in [4.69, 9.17) is 32.9 Å². The van der Waals surface area contributed by atoms with Crippen molar-refractivity contribution in [1.29, 1.82) is 0 Å². The van der Waals surface area contributed by atoms with Gasteiger partial charge in [0.25, 0.3) is 5.70 Å². The van der Waals surface area contributed by atoms with E-state index in [-0.39, 0.29) is 22.7 Å². The first kappa shape index (κ1) is 26.0. The number of halogens is 2. The van der Waals surface area contributed by atoms with Crippen LogP contribution in [0.25, 0.3) is 0 Å². The summed E-state index contributed by atoms with van der Waals surface area (Å²) in [6.07, 6.45) is 10.5. The number of ether oxygens (including phenoxy) is 1. The molecule has 10 heteroatoms. The largest absolute Gasteiger partial charge is 0.465 e. The molecule has 2 aliphatic heterocycles. The van der Waals surface area contributed by atoms with E-state index >= 15 is 0 Å². The third-order valence-electron chi connectivity index (χ3n) is 7.67. The second-order valence-corrected chi connectivity index (χ2v) is 12.2. The van der Waals surface area contributed by atoms with Gasteiger partial charge in [-0.15, -0.1) is 0 Å². The van der Waals surface area contributed by atoms with Crippen molar-refractivity contribution in [3.8, 4) is 0 Å². The number of thioether (sulfide) groups is 1. The van der Waals surface area contributed by atoms with Crippen molar-refractivity contribution < 1.29 is 14.5 Å². The van der Waals surface area contributed by atoms with Crippen molar-refractivity contribution in [2.45, 2.75) is 59.0 Å². The maximum Gasteiger partial charge on any atom is 0.346 e. The number of methoxy groups -OCH3 is 1. The molecule has 2 heterocycles. The van der Waals surface area contributed by atoms with E-state index in [1.807, 2.05) is 32.9 Å². The zero-order chi connectivity index (χ0) is 25.9. The topological polar surface area (TPSA) is 85.0 Å². The fourth-order valence-corrected chi connectivity index (χ4v) is 7.32. The predicted octanol–water partition coefficient (Wildman–Crippen LogP) is 6.35. The highest BCUT2D eigenvalue weighted by Gasteiger charge is 2.63. The van der Waals surface area contributed by atoms with Gasteiger partial charge in [0, 0.05) is 27.6 Å². The Balaban J connectivity index is 1.93. The van der Waals surface area contributed by atoms with Crippen LogP contribution in [-0.2, 0) is 9.53 Å². The lowest BCUT2D eigenvalue weighted by Crippen LogP contribution is -2.60. The Bertz CT molecular complexity index is 1190. The Kier molecular flexibility index (Phi) is 6.56. The molecule has 35 heavy (non-hydrogen) atoms. The fraction of sp³-hybridized carbons (Fsp3) is 0.520. The number of aliphatic imine (C=N–C) groups is 1. The maximum absolute atomic E-state index is 12.7. The Morgan fingerprint density at radius 3 is 2.51 bits per heavy atom. The quantitative estimate of drug-likeness (QED) is 0.230. The molecule has 0 fully saturated rings. The summed E-state index contributed by atoms with van der Waals surface area (Å²) in [6.45, 7) is 10.3. The Hall–Kier alpha value is -2.03. The van der Waals surface area contributed by atoms with Gasteiger partial charge in [0.15, 0.2) is 5.17 Å². The van der Waals surface area contributed by atoms with Gasteiger partial charge in [-0.05, 0) is 43.5 Å². The van der Waals surface area contributed by atoms with Crippen molar-refractivity contribution in [1.82, 2.24) is 4.90 Å². The van der Waals surface area contributed by atoms with Crippen LogP contribution in [0, 0.1) is 26.9 Å². The number of carbonyl (C=O) groups is 1. The number of rotatable bonds is 5. The molecule has 0 amide bonds. The lowest BCUT2D eigenvalue weighted by Gasteiger charge is -2.52. The number of fused-ring (bicyclic) bond motifs is 1. The normalized spacial score (nSPS) is 34.4. The number of hydrogen-bond donors (Lipinski definition) is 0. The molecule has 188 valence electrons. The van der Waals surface area contributed by atoms with Gasteiger partial charge in [0.2, 0.25) is 0 Å².